The molecule has 42 heavy (non-hydrogen) atoms. The van der Waals surface area contributed by atoms with E-state index in [0.717, 1.165) is 0 Å². The standard InChI is InChI=1S/C33H38ClFN2O5/c1-21-24(10-7-13-29(21)35)30-26(32(38)22-8-5-9-23(18-22)42-4)19-37(15-17-41-3)20-27(30)33(39)25-11-6-12-28(34)31(25)36-14-16-40-2/h5-13,18,26-27,30,36H,14-17,19-20H2,1-4H3/t26-,27-,30-/m0/s1. The van der Waals surface area contributed by atoms with Crippen LogP contribution in [0.4, 0.5) is 10.1 Å². The minimum Gasteiger partial charge on any atom is -0.497 e. The highest BCUT2D eigenvalue weighted by atomic mass is 35.5. The second-order valence-electron chi connectivity index (χ2n) is 10.5. The molecule has 3 aromatic carbocycles. The van der Waals surface area contributed by atoms with Gasteiger partial charge in [0, 0.05) is 69.3 Å². The molecule has 1 heterocycles. The Morgan fingerprint density at radius 3 is 2.36 bits per heavy atom. The number of ketones is 2. The average Bonchev–Trinajstić information content (AvgIpc) is 3.01. The first-order valence-corrected chi connectivity index (χ1v) is 14.4. The van der Waals surface area contributed by atoms with Crippen LogP contribution in [0.1, 0.15) is 37.8 Å². The summed E-state index contributed by atoms with van der Waals surface area (Å²) >= 11 is 6.58. The summed E-state index contributed by atoms with van der Waals surface area (Å²) in [5, 5.41) is 3.65. The van der Waals surface area contributed by atoms with Crippen LogP contribution in [0.3, 0.4) is 0 Å². The third kappa shape index (κ3) is 7.01. The highest BCUT2D eigenvalue weighted by Gasteiger charge is 2.46. The lowest BCUT2D eigenvalue weighted by molar-refractivity contribution is 0.0497. The molecule has 0 radical (unpaired) electrons. The van der Waals surface area contributed by atoms with Crippen LogP contribution in [-0.2, 0) is 9.47 Å². The molecule has 0 aliphatic carbocycles. The number of Topliss-reactive ketones (excluding diaryl/α,β-unsaturated/α-hetero) is 2. The Morgan fingerprint density at radius 2 is 1.64 bits per heavy atom. The van der Waals surface area contributed by atoms with E-state index in [2.05, 4.69) is 10.2 Å². The summed E-state index contributed by atoms with van der Waals surface area (Å²) in [7, 11) is 4.77. The smallest absolute Gasteiger partial charge is 0.169 e. The number of hydrogen-bond acceptors (Lipinski definition) is 7. The SMILES string of the molecule is COCCNc1c(Cl)cccc1C(=O)[C@H]1CN(CCOC)C[C@H](C(=O)c2cccc(OC)c2)[C@@H]1c1cccc(F)c1C. The molecule has 1 N–H and O–H groups in total. The fourth-order valence-corrected chi connectivity index (χ4v) is 6.07. The van der Waals surface area contributed by atoms with Crippen LogP contribution in [0.2, 0.25) is 5.02 Å². The maximum Gasteiger partial charge on any atom is 0.169 e. The zero-order valence-corrected chi connectivity index (χ0v) is 25.2. The lowest BCUT2D eigenvalue weighted by Crippen LogP contribution is -2.51. The second-order valence-corrected chi connectivity index (χ2v) is 10.9. The van der Waals surface area contributed by atoms with E-state index in [1.807, 2.05) is 6.07 Å². The monoisotopic (exact) mass is 596 g/mol. The second kappa shape index (κ2) is 14.7. The van der Waals surface area contributed by atoms with Crippen molar-refractivity contribution < 1.29 is 28.2 Å². The van der Waals surface area contributed by atoms with Gasteiger partial charge in [0.15, 0.2) is 11.6 Å². The van der Waals surface area contributed by atoms with Gasteiger partial charge >= 0.3 is 0 Å². The lowest BCUT2D eigenvalue weighted by Gasteiger charge is -2.43. The Kier molecular flexibility index (Phi) is 11.1. The number of carbonyl (C=O) groups is 2. The Morgan fingerprint density at radius 1 is 0.952 bits per heavy atom. The van der Waals surface area contributed by atoms with Crippen LogP contribution in [0.5, 0.6) is 5.75 Å². The maximum atomic E-state index is 15.0. The van der Waals surface area contributed by atoms with E-state index in [9.17, 15) is 9.59 Å². The highest BCUT2D eigenvalue weighted by molar-refractivity contribution is 6.34. The predicted molar refractivity (Wildman–Crippen MR) is 163 cm³/mol. The Hall–Kier alpha value is -3.30. The molecule has 0 amide bonds. The molecule has 0 bridgehead atoms. The predicted octanol–water partition coefficient (Wildman–Crippen LogP) is 5.90. The first kappa shape index (κ1) is 31.6. The minimum atomic E-state index is -0.669. The Bertz CT molecular complexity index is 1400. The van der Waals surface area contributed by atoms with E-state index in [1.54, 1.807) is 76.8 Å². The molecular formula is C33H38ClFN2O5. The van der Waals surface area contributed by atoms with Gasteiger partial charge in [0.05, 0.1) is 31.0 Å². The minimum absolute atomic E-state index is 0.132. The third-order valence-corrected chi connectivity index (χ3v) is 8.29. The molecule has 1 saturated heterocycles. The molecule has 3 aromatic rings. The fourth-order valence-electron chi connectivity index (χ4n) is 5.83. The number of ether oxygens (including phenoxy) is 3. The number of anilines is 1. The van der Waals surface area contributed by atoms with Gasteiger partial charge in [-0.3, -0.25) is 14.5 Å². The van der Waals surface area contributed by atoms with Crippen molar-refractivity contribution in [1.82, 2.24) is 4.90 Å². The third-order valence-electron chi connectivity index (χ3n) is 7.97. The Labute approximate surface area is 251 Å². The van der Waals surface area contributed by atoms with E-state index in [4.69, 9.17) is 25.8 Å². The molecule has 0 saturated carbocycles. The van der Waals surface area contributed by atoms with Gasteiger partial charge in [0.2, 0.25) is 0 Å². The summed E-state index contributed by atoms with van der Waals surface area (Å²) in [6.45, 7) is 4.31. The number of hydrogen-bond donors (Lipinski definition) is 1. The summed E-state index contributed by atoms with van der Waals surface area (Å²) in [5.74, 6) is -2.01. The van der Waals surface area contributed by atoms with Crippen LogP contribution >= 0.6 is 11.6 Å². The van der Waals surface area contributed by atoms with Gasteiger partial charge < -0.3 is 19.5 Å². The van der Waals surface area contributed by atoms with Crippen molar-refractivity contribution in [1.29, 1.82) is 0 Å². The van der Waals surface area contributed by atoms with Crippen molar-refractivity contribution in [2.75, 3.05) is 66.0 Å². The van der Waals surface area contributed by atoms with E-state index < -0.39 is 17.8 Å². The maximum absolute atomic E-state index is 15.0. The fraction of sp³-hybridized carbons (Fsp3) is 0.394. The summed E-state index contributed by atoms with van der Waals surface area (Å²) in [5.41, 5.74) is 2.49. The molecule has 9 heteroatoms. The summed E-state index contributed by atoms with van der Waals surface area (Å²) in [6.07, 6.45) is 0. The van der Waals surface area contributed by atoms with Crippen LogP contribution < -0.4 is 10.1 Å². The molecule has 224 valence electrons. The summed E-state index contributed by atoms with van der Waals surface area (Å²) < 4.78 is 30.9. The lowest BCUT2D eigenvalue weighted by atomic mass is 9.67. The number of nitrogens with one attached hydrogen (secondary N) is 1. The zero-order valence-electron chi connectivity index (χ0n) is 24.5. The zero-order chi connectivity index (χ0) is 30.2. The van der Waals surface area contributed by atoms with E-state index in [1.165, 1.54) is 6.07 Å². The number of halogens is 2. The number of nitrogens with zero attached hydrogens (tertiary/aromatic N) is 1. The van der Waals surface area contributed by atoms with Crippen molar-refractivity contribution in [3.05, 3.63) is 93.8 Å². The first-order chi connectivity index (χ1) is 20.3. The average molecular weight is 597 g/mol. The van der Waals surface area contributed by atoms with Gasteiger partial charge in [0.25, 0.3) is 0 Å². The normalized spacial score (nSPS) is 19.0. The number of rotatable bonds is 13. The van der Waals surface area contributed by atoms with E-state index >= 15 is 4.39 Å². The van der Waals surface area contributed by atoms with Gasteiger partial charge in [-0.15, -0.1) is 0 Å². The molecule has 7 nitrogen and oxygen atoms in total. The van der Waals surface area contributed by atoms with Crippen LogP contribution in [0.25, 0.3) is 0 Å². The van der Waals surface area contributed by atoms with Crippen LogP contribution in [0.15, 0.2) is 60.7 Å². The number of piperidine rings is 1. The molecule has 0 aromatic heterocycles. The van der Waals surface area contributed by atoms with Gasteiger partial charge in [-0.1, -0.05) is 41.9 Å². The Balaban J connectivity index is 1.86. The van der Waals surface area contributed by atoms with Gasteiger partial charge in [0.1, 0.15) is 11.6 Å². The van der Waals surface area contributed by atoms with Crippen LogP contribution in [0, 0.1) is 24.6 Å². The number of methoxy groups -OCH3 is 3. The van der Waals surface area contributed by atoms with Crippen LogP contribution in [-0.4, -0.2) is 77.2 Å². The van der Waals surface area contributed by atoms with E-state index in [0.29, 0.717) is 78.1 Å². The molecule has 3 atom stereocenters. The number of para-hydroxylation sites is 1. The molecule has 1 aliphatic heterocycles. The highest BCUT2D eigenvalue weighted by Crippen LogP contribution is 2.43. The topological polar surface area (TPSA) is 77.1 Å². The summed E-state index contributed by atoms with van der Waals surface area (Å²) in [6, 6.07) is 17.1. The van der Waals surface area contributed by atoms with Gasteiger partial charge in [-0.05, 0) is 48.4 Å². The van der Waals surface area contributed by atoms with Crippen molar-refractivity contribution >= 4 is 28.9 Å². The molecule has 4 rings (SSSR count). The van der Waals surface area contributed by atoms with Gasteiger partial charge in [-0.2, -0.15) is 0 Å². The molecule has 1 fully saturated rings. The van der Waals surface area contributed by atoms with E-state index in [-0.39, 0.29) is 17.4 Å². The van der Waals surface area contributed by atoms with Crippen molar-refractivity contribution in [2.24, 2.45) is 11.8 Å². The largest absolute Gasteiger partial charge is 0.497 e. The molecule has 0 spiro atoms. The van der Waals surface area contributed by atoms with Crippen molar-refractivity contribution in [3.63, 3.8) is 0 Å². The molecular weight excluding hydrogens is 559 g/mol. The summed E-state index contributed by atoms with van der Waals surface area (Å²) in [4.78, 5) is 31.0. The molecule has 0 unspecified atom stereocenters. The number of benzene rings is 3. The van der Waals surface area contributed by atoms with Gasteiger partial charge in [-0.25, -0.2) is 4.39 Å². The number of carbonyl (C=O) groups excluding carboxylic acids is 2. The van der Waals surface area contributed by atoms with Crippen molar-refractivity contribution in [3.8, 4) is 5.75 Å². The first-order valence-electron chi connectivity index (χ1n) is 14.0. The molecule has 1 aliphatic rings. The quantitative estimate of drug-likeness (QED) is 0.194. The number of likely N-dealkylation sites (tertiary alicyclic amines) is 1. The van der Waals surface area contributed by atoms with Crippen molar-refractivity contribution in [2.45, 2.75) is 12.8 Å².